The Kier molecular flexibility index (Phi) is 4.65. The van der Waals surface area contributed by atoms with Crippen molar-refractivity contribution in [1.29, 1.82) is 0 Å². The minimum Gasteiger partial charge on any atom is -0.484 e. The lowest BCUT2D eigenvalue weighted by molar-refractivity contribution is -0.122. The number of H-pyrrole nitrogens is 1. The van der Waals surface area contributed by atoms with Crippen LogP contribution in [-0.2, 0) is 4.79 Å². The molecule has 0 atom stereocenters. The normalized spacial score (nSPS) is 10.7. The Morgan fingerprint density at radius 2 is 1.88 bits per heavy atom. The molecule has 1 heterocycles. The minimum atomic E-state index is -0.503. The van der Waals surface area contributed by atoms with Crippen LogP contribution in [0.2, 0.25) is 0 Å². The van der Waals surface area contributed by atoms with Crippen molar-refractivity contribution in [3.63, 3.8) is 0 Å². The number of hydrogen-bond acceptors (Lipinski definition) is 3. The Morgan fingerprint density at radius 1 is 1.08 bits per heavy atom. The summed E-state index contributed by atoms with van der Waals surface area (Å²) >= 11 is 0. The summed E-state index contributed by atoms with van der Waals surface area (Å²) in [5.74, 6) is 0.0820. The lowest BCUT2D eigenvalue weighted by Crippen LogP contribution is -2.41. The van der Waals surface area contributed by atoms with Crippen LogP contribution in [0.4, 0.5) is 4.79 Å². The molecule has 0 saturated heterocycles. The number of carbonyl (C=O) groups excluding carboxylic acids is 2. The molecule has 124 valence electrons. The van der Waals surface area contributed by atoms with Crippen molar-refractivity contribution < 1.29 is 14.3 Å². The Morgan fingerprint density at radius 3 is 2.71 bits per heavy atom. The van der Waals surface area contributed by atoms with E-state index in [-0.39, 0.29) is 6.61 Å². The van der Waals surface area contributed by atoms with Crippen molar-refractivity contribution in [3.8, 4) is 5.75 Å². The molecule has 0 saturated carbocycles. The second-order valence-corrected chi connectivity index (χ2v) is 5.47. The molecule has 3 N–H and O–H groups in total. The van der Waals surface area contributed by atoms with E-state index in [4.69, 9.17) is 4.74 Å². The Bertz CT molecular complexity index is 885. The van der Waals surface area contributed by atoms with Gasteiger partial charge in [0.1, 0.15) is 5.75 Å². The average molecular weight is 325 g/mol. The SMILES string of the molecule is CCCNC(=O)NC(=O)COc1ccc2c(c1)[nH]c1ccccc12. The highest BCUT2D eigenvalue weighted by atomic mass is 16.5. The number of fused-ring (bicyclic) bond motifs is 3. The largest absolute Gasteiger partial charge is 0.484 e. The molecule has 6 nitrogen and oxygen atoms in total. The van der Waals surface area contributed by atoms with Crippen LogP contribution in [0.1, 0.15) is 13.3 Å². The minimum absolute atomic E-state index is 0.217. The van der Waals surface area contributed by atoms with Crippen molar-refractivity contribution in [1.82, 2.24) is 15.6 Å². The zero-order valence-electron chi connectivity index (χ0n) is 13.4. The monoisotopic (exact) mass is 325 g/mol. The molecule has 0 aliphatic heterocycles. The van der Waals surface area contributed by atoms with Gasteiger partial charge in [0.25, 0.3) is 5.91 Å². The fourth-order valence-electron chi connectivity index (χ4n) is 2.52. The van der Waals surface area contributed by atoms with Crippen LogP contribution in [-0.4, -0.2) is 30.1 Å². The molecule has 0 aliphatic carbocycles. The molecule has 3 amide bonds. The smallest absolute Gasteiger partial charge is 0.321 e. The van der Waals surface area contributed by atoms with Gasteiger partial charge in [0, 0.05) is 28.9 Å². The predicted octanol–water partition coefficient (Wildman–Crippen LogP) is 2.94. The van der Waals surface area contributed by atoms with Gasteiger partial charge in [0.2, 0.25) is 0 Å². The number of ether oxygens (including phenoxy) is 1. The Hall–Kier alpha value is -3.02. The molecule has 2 aromatic carbocycles. The third kappa shape index (κ3) is 3.48. The molecule has 0 fully saturated rings. The molecule has 0 aliphatic rings. The maximum atomic E-state index is 11.7. The first-order valence-corrected chi connectivity index (χ1v) is 7.88. The van der Waals surface area contributed by atoms with Gasteiger partial charge in [-0.1, -0.05) is 25.1 Å². The van der Waals surface area contributed by atoms with Crippen molar-refractivity contribution in [3.05, 3.63) is 42.5 Å². The maximum Gasteiger partial charge on any atom is 0.321 e. The summed E-state index contributed by atoms with van der Waals surface area (Å²) in [6.45, 7) is 2.24. The second kappa shape index (κ2) is 7.04. The van der Waals surface area contributed by atoms with Crippen LogP contribution in [0.15, 0.2) is 42.5 Å². The van der Waals surface area contributed by atoms with E-state index in [0.29, 0.717) is 12.3 Å². The van der Waals surface area contributed by atoms with E-state index < -0.39 is 11.9 Å². The van der Waals surface area contributed by atoms with E-state index in [0.717, 1.165) is 28.2 Å². The molecule has 0 spiro atoms. The number of benzene rings is 2. The summed E-state index contributed by atoms with van der Waals surface area (Å²) in [6.07, 6.45) is 0.808. The lowest BCUT2D eigenvalue weighted by atomic mass is 10.1. The summed E-state index contributed by atoms with van der Waals surface area (Å²) in [6, 6.07) is 13.1. The molecule has 3 aromatic rings. The molecular formula is C18H19N3O3. The number of urea groups is 1. The van der Waals surface area contributed by atoms with Crippen molar-refractivity contribution in [2.45, 2.75) is 13.3 Å². The van der Waals surface area contributed by atoms with Gasteiger partial charge in [-0.05, 0) is 24.6 Å². The summed E-state index contributed by atoms with van der Waals surface area (Å²) in [7, 11) is 0. The first-order chi connectivity index (χ1) is 11.7. The fraction of sp³-hybridized carbons (Fsp3) is 0.222. The summed E-state index contributed by atoms with van der Waals surface area (Å²) in [4.78, 5) is 26.4. The van der Waals surface area contributed by atoms with Gasteiger partial charge in [0.05, 0.1) is 5.52 Å². The van der Waals surface area contributed by atoms with Crippen LogP contribution in [0, 0.1) is 0 Å². The average Bonchev–Trinajstić information content (AvgIpc) is 2.96. The highest BCUT2D eigenvalue weighted by molar-refractivity contribution is 6.07. The van der Waals surface area contributed by atoms with Gasteiger partial charge >= 0.3 is 6.03 Å². The molecule has 1 aromatic heterocycles. The molecule has 3 rings (SSSR count). The van der Waals surface area contributed by atoms with Gasteiger partial charge in [-0.25, -0.2) is 4.79 Å². The van der Waals surface area contributed by atoms with Crippen LogP contribution in [0.25, 0.3) is 21.8 Å². The first-order valence-electron chi connectivity index (χ1n) is 7.88. The Labute approximate surface area is 139 Å². The summed E-state index contributed by atoms with van der Waals surface area (Å²) in [5, 5.41) is 7.03. The van der Waals surface area contributed by atoms with Gasteiger partial charge in [-0.15, -0.1) is 0 Å². The van der Waals surface area contributed by atoms with Crippen molar-refractivity contribution in [2.75, 3.05) is 13.2 Å². The van der Waals surface area contributed by atoms with Crippen molar-refractivity contribution in [2.24, 2.45) is 0 Å². The van der Waals surface area contributed by atoms with Gasteiger partial charge in [-0.3, -0.25) is 10.1 Å². The van der Waals surface area contributed by atoms with E-state index in [2.05, 4.69) is 21.7 Å². The second-order valence-electron chi connectivity index (χ2n) is 5.47. The van der Waals surface area contributed by atoms with Gasteiger partial charge in [0.15, 0.2) is 6.61 Å². The number of carbonyl (C=O) groups is 2. The van der Waals surface area contributed by atoms with Crippen LogP contribution in [0.5, 0.6) is 5.75 Å². The molecule has 0 bridgehead atoms. The third-order valence-electron chi connectivity index (χ3n) is 3.64. The number of imide groups is 1. The lowest BCUT2D eigenvalue weighted by Gasteiger charge is -2.07. The number of hydrogen-bond donors (Lipinski definition) is 3. The van der Waals surface area contributed by atoms with Crippen molar-refractivity contribution >= 4 is 33.7 Å². The van der Waals surface area contributed by atoms with E-state index in [1.807, 2.05) is 43.3 Å². The van der Waals surface area contributed by atoms with Crippen LogP contribution < -0.4 is 15.4 Å². The summed E-state index contributed by atoms with van der Waals surface area (Å²) < 4.78 is 5.47. The van der Waals surface area contributed by atoms with E-state index >= 15 is 0 Å². The zero-order chi connectivity index (χ0) is 16.9. The standard InChI is InChI=1S/C18H19N3O3/c1-2-9-19-18(23)21-17(22)11-24-12-7-8-14-13-5-3-4-6-15(13)20-16(14)10-12/h3-8,10,20H,2,9,11H2,1H3,(H2,19,21,22,23). The Balaban J connectivity index is 1.64. The number of amides is 3. The van der Waals surface area contributed by atoms with E-state index in [9.17, 15) is 9.59 Å². The van der Waals surface area contributed by atoms with Crippen LogP contribution in [0.3, 0.4) is 0 Å². The number of para-hydroxylation sites is 1. The maximum absolute atomic E-state index is 11.7. The number of rotatable bonds is 5. The highest BCUT2D eigenvalue weighted by Gasteiger charge is 2.09. The van der Waals surface area contributed by atoms with Crippen LogP contribution >= 0.6 is 0 Å². The molecule has 6 heteroatoms. The molecule has 0 unspecified atom stereocenters. The highest BCUT2D eigenvalue weighted by Crippen LogP contribution is 2.28. The topological polar surface area (TPSA) is 83.2 Å². The predicted molar refractivity (Wildman–Crippen MR) is 93.1 cm³/mol. The molecule has 24 heavy (non-hydrogen) atoms. The van der Waals surface area contributed by atoms with Gasteiger partial charge in [-0.2, -0.15) is 0 Å². The van der Waals surface area contributed by atoms with E-state index in [1.165, 1.54) is 0 Å². The third-order valence-corrected chi connectivity index (χ3v) is 3.64. The number of aromatic amines is 1. The summed E-state index contributed by atoms with van der Waals surface area (Å²) in [5.41, 5.74) is 1.99. The fourth-order valence-corrected chi connectivity index (χ4v) is 2.52. The quantitative estimate of drug-likeness (QED) is 0.674. The molecular weight excluding hydrogens is 306 g/mol. The molecule has 0 radical (unpaired) electrons. The van der Waals surface area contributed by atoms with E-state index in [1.54, 1.807) is 0 Å². The number of nitrogens with one attached hydrogen (secondary N) is 3. The zero-order valence-corrected chi connectivity index (χ0v) is 13.4. The number of aromatic nitrogens is 1. The first kappa shape index (κ1) is 15.9. The van der Waals surface area contributed by atoms with Gasteiger partial charge < -0.3 is 15.0 Å².